The minimum atomic E-state index is -4.35. The lowest BCUT2D eigenvalue weighted by atomic mass is 10.1. The van der Waals surface area contributed by atoms with E-state index in [0.29, 0.717) is 26.2 Å². The van der Waals surface area contributed by atoms with Crippen LogP contribution in [0.2, 0.25) is 25.7 Å². The Balaban J connectivity index is 1.71. The van der Waals surface area contributed by atoms with Crippen molar-refractivity contribution in [1.29, 1.82) is 0 Å². The van der Waals surface area contributed by atoms with Gasteiger partial charge < -0.3 is 9.47 Å². The van der Waals surface area contributed by atoms with Gasteiger partial charge >= 0.3 is 12.1 Å². The number of nitrogens with zero attached hydrogens (tertiary/aromatic N) is 3. The number of ether oxygens (including phenoxy) is 2. The number of alkyl halides is 3. The summed E-state index contributed by atoms with van der Waals surface area (Å²) < 4.78 is 51.1. The Bertz CT molecular complexity index is 937. The van der Waals surface area contributed by atoms with Crippen LogP contribution in [0.15, 0.2) is 24.3 Å². The Kier molecular flexibility index (Phi) is 7.46. The second kappa shape index (κ2) is 9.76. The first-order valence-corrected chi connectivity index (χ1v) is 14.4. The van der Waals surface area contributed by atoms with Crippen LogP contribution in [0.3, 0.4) is 0 Å². The fourth-order valence-electron chi connectivity index (χ4n) is 3.54. The SMILES string of the molecule is CCOC(=O)c1nn(COCC[Si](C)(C)C)c2c1CN(Cc1ccc(C(F)(F)F)cc1)C2. The molecule has 32 heavy (non-hydrogen) atoms. The third-order valence-electron chi connectivity index (χ3n) is 5.29. The molecule has 0 amide bonds. The monoisotopic (exact) mass is 469 g/mol. The molecule has 0 atom stereocenters. The van der Waals surface area contributed by atoms with E-state index in [4.69, 9.17) is 9.47 Å². The molecule has 0 aliphatic carbocycles. The van der Waals surface area contributed by atoms with Crippen molar-refractivity contribution in [2.75, 3.05) is 13.2 Å². The van der Waals surface area contributed by atoms with Gasteiger partial charge in [0.1, 0.15) is 6.73 Å². The van der Waals surface area contributed by atoms with E-state index in [-0.39, 0.29) is 19.0 Å². The van der Waals surface area contributed by atoms with Crippen molar-refractivity contribution >= 4 is 14.0 Å². The quantitative estimate of drug-likeness (QED) is 0.297. The topological polar surface area (TPSA) is 56.6 Å². The van der Waals surface area contributed by atoms with E-state index in [1.165, 1.54) is 12.1 Å². The second-order valence-corrected chi connectivity index (χ2v) is 14.8. The Labute approximate surface area is 187 Å². The molecule has 3 rings (SSSR count). The van der Waals surface area contributed by atoms with Gasteiger partial charge in [0.15, 0.2) is 5.69 Å². The van der Waals surface area contributed by atoms with Crippen molar-refractivity contribution < 1.29 is 27.4 Å². The molecule has 0 saturated heterocycles. The van der Waals surface area contributed by atoms with Gasteiger partial charge in [-0.3, -0.25) is 4.90 Å². The summed E-state index contributed by atoms with van der Waals surface area (Å²) in [6, 6.07) is 6.20. The van der Waals surface area contributed by atoms with Gasteiger partial charge in [-0.25, -0.2) is 9.48 Å². The molecule has 1 aliphatic rings. The van der Waals surface area contributed by atoms with Crippen LogP contribution in [-0.2, 0) is 42.0 Å². The molecule has 0 unspecified atom stereocenters. The van der Waals surface area contributed by atoms with Crippen LogP contribution < -0.4 is 0 Å². The first-order chi connectivity index (χ1) is 15.0. The third kappa shape index (κ3) is 6.20. The highest BCUT2D eigenvalue weighted by molar-refractivity contribution is 6.76. The Morgan fingerprint density at radius 3 is 2.44 bits per heavy atom. The number of carbonyl (C=O) groups is 1. The molecule has 1 aliphatic heterocycles. The van der Waals surface area contributed by atoms with Crippen LogP contribution in [0.1, 0.15) is 39.8 Å². The van der Waals surface area contributed by atoms with E-state index in [1.807, 2.05) is 0 Å². The van der Waals surface area contributed by atoms with Crippen molar-refractivity contribution in [2.24, 2.45) is 0 Å². The molecule has 6 nitrogen and oxygen atoms in total. The van der Waals surface area contributed by atoms with Gasteiger partial charge in [0, 0.05) is 39.9 Å². The average molecular weight is 470 g/mol. The lowest BCUT2D eigenvalue weighted by Crippen LogP contribution is -2.23. The van der Waals surface area contributed by atoms with Gasteiger partial charge in [0.05, 0.1) is 17.9 Å². The van der Waals surface area contributed by atoms with Crippen LogP contribution in [0, 0.1) is 0 Å². The van der Waals surface area contributed by atoms with Crippen LogP contribution in [0.4, 0.5) is 13.2 Å². The first kappa shape index (κ1) is 24.5. The zero-order valence-corrected chi connectivity index (χ0v) is 20.0. The Morgan fingerprint density at radius 2 is 1.84 bits per heavy atom. The molecule has 2 aromatic rings. The fraction of sp³-hybridized carbons (Fsp3) is 0.545. The van der Waals surface area contributed by atoms with Crippen molar-refractivity contribution in [3.63, 3.8) is 0 Å². The van der Waals surface area contributed by atoms with E-state index in [2.05, 4.69) is 29.6 Å². The van der Waals surface area contributed by atoms with E-state index in [1.54, 1.807) is 11.6 Å². The molecule has 0 radical (unpaired) electrons. The summed E-state index contributed by atoms with van der Waals surface area (Å²) in [6.45, 7) is 11.2. The van der Waals surface area contributed by atoms with Gasteiger partial charge in [-0.2, -0.15) is 18.3 Å². The van der Waals surface area contributed by atoms with E-state index in [9.17, 15) is 18.0 Å². The zero-order valence-electron chi connectivity index (χ0n) is 19.0. The van der Waals surface area contributed by atoms with Crippen LogP contribution >= 0.6 is 0 Å². The van der Waals surface area contributed by atoms with Crippen molar-refractivity contribution in [2.45, 2.75) is 65.2 Å². The number of aromatic nitrogens is 2. The number of carbonyl (C=O) groups excluding carboxylic acids is 1. The van der Waals surface area contributed by atoms with Crippen LogP contribution in [0.5, 0.6) is 0 Å². The maximum absolute atomic E-state index is 12.8. The second-order valence-electron chi connectivity index (χ2n) is 9.18. The summed E-state index contributed by atoms with van der Waals surface area (Å²) in [4.78, 5) is 14.5. The highest BCUT2D eigenvalue weighted by atomic mass is 28.3. The summed E-state index contributed by atoms with van der Waals surface area (Å²) in [5.74, 6) is -0.471. The van der Waals surface area contributed by atoms with Gasteiger partial charge in [-0.05, 0) is 30.7 Å². The number of benzene rings is 1. The molecule has 1 aromatic heterocycles. The lowest BCUT2D eigenvalue weighted by molar-refractivity contribution is -0.137. The fourth-order valence-corrected chi connectivity index (χ4v) is 4.29. The minimum absolute atomic E-state index is 0.250. The predicted octanol–water partition coefficient (Wildman–Crippen LogP) is 4.91. The van der Waals surface area contributed by atoms with Crippen LogP contribution in [-0.4, -0.2) is 41.9 Å². The molecule has 0 spiro atoms. The first-order valence-electron chi connectivity index (χ1n) is 10.7. The maximum atomic E-state index is 12.8. The molecule has 10 heteroatoms. The molecule has 0 fully saturated rings. The number of fused-ring (bicyclic) bond motifs is 1. The normalized spacial score (nSPS) is 14.6. The maximum Gasteiger partial charge on any atom is 0.416 e. The summed E-state index contributed by atoms with van der Waals surface area (Å²) >= 11 is 0. The largest absolute Gasteiger partial charge is 0.461 e. The van der Waals surface area contributed by atoms with E-state index < -0.39 is 25.8 Å². The van der Waals surface area contributed by atoms with Gasteiger partial charge in [0.2, 0.25) is 0 Å². The third-order valence-corrected chi connectivity index (χ3v) is 6.99. The highest BCUT2D eigenvalue weighted by Crippen LogP contribution is 2.31. The summed E-state index contributed by atoms with van der Waals surface area (Å²) in [5, 5.41) is 4.44. The molecule has 0 N–H and O–H groups in total. The van der Waals surface area contributed by atoms with Gasteiger partial charge in [-0.15, -0.1) is 0 Å². The summed E-state index contributed by atoms with van der Waals surface area (Å²) in [6.07, 6.45) is -4.35. The van der Waals surface area contributed by atoms with E-state index in [0.717, 1.165) is 35.0 Å². The highest BCUT2D eigenvalue weighted by Gasteiger charge is 2.32. The summed E-state index contributed by atoms with van der Waals surface area (Å²) in [7, 11) is -1.22. The van der Waals surface area contributed by atoms with Crippen molar-refractivity contribution in [3.8, 4) is 0 Å². The number of hydrogen-bond acceptors (Lipinski definition) is 5. The van der Waals surface area contributed by atoms with E-state index >= 15 is 0 Å². The number of halogens is 3. The standard InChI is InChI=1S/C22H30F3N3O3Si/c1-5-31-21(29)20-18-13-27(12-16-6-8-17(9-7-16)22(23,24)25)14-19(18)28(26-20)15-30-10-11-32(2,3)4/h6-9H,5,10-15H2,1-4H3. The van der Waals surface area contributed by atoms with Gasteiger partial charge in [0.25, 0.3) is 0 Å². The molecule has 0 bridgehead atoms. The number of rotatable bonds is 9. The number of hydrogen-bond donors (Lipinski definition) is 0. The average Bonchev–Trinajstić information content (AvgIpc) is 3.23. The molecule has 2 heterocycles. The lowest BCUT2D eigenvalue weighted by Gasteiger charge is -2.17. The predicted molar refractivity (Wildman–Crippen MR) is 117 cm³/mol. The summed E-state index contributed by atoms with van der Waals surface area (Å²) in [5.41, 5.74) is 2.07. The van der Waals surface area contributed by atoms with Crippen LogP contribution in [0.25, 0.3) is 0 Å². The molecule has 176 valence electrons. The zero-order chi connectivity index (χ0) is 23.5. The molecule has 1 aromatic carbocycles. The van der Waals surface area contributed by atoms with Crippen molar-refractivity contribution in [3.05, 3.63) is 52.3 Å². The Morgan fingerprint density at radius 1 is 1.16 bits per heavy atom. The molecular formula is C22H30F3N3O3Si. The molecule has 0 saturated carbocycles. The van der Waals surface area contributed by atoms with Crippen molar-refractivity contribution in [1.82, 2.24) is 14.7 Å². The molecular weight excluding hydrogens is 439 g/mol. The van der Waals surface area contributed by atoms with Gasteiger partial charge in [-0.1, -0.05) is 31.8 Å². The minimum Gasteiger partial charge on any atom is -0.461 e. The number of esters is 1. The smallest absolute Gasteiger partial charge is 0.416 e. The Hall–Kier alpha value is -2.17.